The minimum absolute atomic E-state index is 0.115. The lowest BCUT2D eigenvalue weighted by molar-refractivity contribution is 0.131. The van der Waals surface area contributed by atoms with E-state index in [2.05, 4.69) is 19.2 Å². The van der Waals surface area contributed by atoms with Crippen LogP contribution in [0.1, 0.15) is 39.5 Å². The monoisotopic (exact) mass is 201 g/mol. The van der Waals surface area contributed by atoms with Crippen LogP contribution in [-0.4, -0.2) is 36.5 Å². The summed E-state index contributed by atoms with van der Waals surface area (Å²) < 4.78 is 5.12. The number of methoxy groups -OCH3 is 1. The second-order valence-electron chi connectivity index (χ2n) is 4.72. The van der Waals surface area contributed by atoms with Gasteiger partial charge in [-0.2, -0.15) is 0 Å². The van der Waals surface area contributed by atoms with E-state index in [1.54, 1.807) is 7.11 Å². The Balaban J connectivity index is 2.51. The van der Waals surface area contributed by atoms with E-state index in [1.807, 2.05) is 0 Å². The predicted molar refractivity (Wildman–Crippen MR) is 57.4 cm³/mol. The highest BCUT2D eigenvalue weighted by molar-refractivity contribution is 4.97. The van der Waals surface area contributed by atoms with Crippen molar-refractivity contribution in [3.63, 3.8) is 0 Å². The Morgan fingerprint density at radius 3 is 2.71 bits per heavy atom. The van der Waals surface area contributed by atoms with Crippen molar-refractivity contribution in [2.24, 2.45) is 0 Å². The molecule has 2 atom stereocenters. The molecule has 2 N–H and O–H groups in total. The highest BCUT2D eigenvalue weighted by atomic mass is 16.5. The minimum Gasteiger partial charge on any atom is -0.393 e. The Hall–Kier alpha value is -0.120. The lowest BCUT2D eigenvalue weighted by Crippen LogP contribution is -2.47. The highest BCUT2D eigenvalue weighted by Gasteiger charge is 2.38. The molecule has 0 spiro atoms. The van der Waals surface area contributed by atoms with Crippen molar-refractivity contribution in [2.45, 2.75) is 57.2 Å². The fourth-order valence-corrected chi connectivity index (χ4v) is 2.44. The van der Waals surface area contributed by atoms with Crippen LogP contribution in [0.5, 0.6) is 0 Å². The van der Waals surface area contributed by atoms with Crippen LogP contribution < -0.4 is 5.32 Å². The molecular formula is C11H23NO2. The molecule has 14 heavy (non-hydrogen) atoms. The predicted octanol–water partition coefficient (Wildman–Crippen LogP) is 1.30. The van der Waals surface area contributed by atoms with E-state index in [9.17, 15) is 5.11 Å². The van der Waals surface area contributed by atoms with Crippen LogP contribution in [0.15, 0.2) is 0 Å². The maximum absolute atomic E-state index is 9.60. The zero-order valence-corrected chi connectivity index (χ0v) is 9.55. The fraction of sp³-hybridized carbons (Fsp3) is 1.00. The Bertz CT molecular complexity index is 173. The summed E-state index contributed by atoms with van der Waals surface area (Å²) in [6.45, 7) is 5.07. The zero-order chi connectivity index (χ0) is 10.6. The largest absolute Gasteiger partial charge is 0.393 e. The van der Waals surface area contributed by atoms with Crippen LogP contribution in [0.2, 0.25) is 0 Å². The molecular weight excluding hydrogens is 178 g/mol. The molecule has 0 radical (unpaired) electrons. The molecule has 1 fully saturated rings. The molecule has 0 heterocycles. The highest BCUT2D eigenvalue weighted by Crippen LogP contribution is 2.33. The number of aliphatic hydroxyl groups excluding tert-OH is 1. The Labute approximate surface area is 86.8 Å². The molecule has 84 valence electrons. The van der Waals surface area contributed by atoms with E-state index < -0.39 is 0 Å². The van der Waals surface area contributed by atoms with E-state index in [1.165, 1.54) is 0 Å². The molecule has 1 saturated carbocycles. The maximum atomic E-state index is 9.60. The van der Waals surface area contributed by atoms with Gasteiger partial charge in [0.05, 0.1) is 6.10 Å². The number of nitrogens with one attached hydrogen (secondary N) is 1. The normalized spacial score (nSPS) is 32.8. The van der Waals surface area contributed by atoms with E-state index >= 15 is 0 Å². The van der Waals surface area contributed by atoms with Crippen LogP contribution in [0.3, 0.4) is 0 Å². The van der Waals surface area contributed by atoms with E-state index in [0.29, 0.717) is 6.04 Å². The summed E-state index contributed by atoms with van der Waals surface area (Å²) in [5.41, 5.74) is 0.115. The lowest BCUT2D eigenvalue weighted by atomic mass is 9.92. The van der Waals surface area contributed by atoms with Gasteiger partial charge in [-0.15, -0.1) is 0 Å². The van der Waals surface area contributed by atoms with Crippen molar-refractivity contribution in [1.82, 2.24) is 5.32 Å². The van der Waals surface area contributed by atoms with Crippen molar-refractivity contribution in [2.75, 3.05) is 13.7 Å². The quantitative estimate of drug-likeness (QED) is 0.704. The molecule has 0 saturated heterocycles. The third-order valence-corrected chi connectivity index (χ3v) is 2.96. The summed E-state index contributed by atoms with van der Waals surface area (Å²) in [4.78, 5) is 0. The average molecular weight is 201 g/mol. The van der Waals surface area contributed by atoms with Gasteiger partial charge >= 0.3 is 0 Å². The van der Waals surface area contributed by atoms with Gasteiger partial charge in [0, 0.05) is 25.3 Å². The maximum Gasteiger partial charge on any atom is 0.0558 e. The third-order valence-electron chi connectivity index (χ3n) is 2.96. The molecule has 3 heteroatoms. The second kappa shape index (κ2) is 5.10. The van der Waals surface area contributed by atoms with Crippen molar-refractivity contribution in [3.05, 3.63) is 0 Å². The third kappa shape index (κ3) is 3.23. The van der Waals surface area contributed by atoms with Crippen LogP contribution in [0, 0.1) is 0 Å². The first kappa shape index (κ1) is 12.0. The topological polar surface area (TPSA) is 41.5 Å². The second-order valence-corrected chi connectivity index (χ2v) is 4.72. The van der Waals surface area contributed by atoms with E-state index in [0.717, 1.165) is 32.3 Å². The van der Waals surface area contributed by atoms with Crippen LogP contribution in [0.4, 0.5) is 0 Å². The fourth-order valence-electron chi connectivity index (χ4n) is 2.44. The van der Waals surface area contributed by atoms with E-state index in [4.69, 9.17) is 4.74 Å². The van der Waals surface area contributed by atoms with Gasteiger partial charge in [0.25, 0.3) is 0 Å². The van der Waals surface area contributed by atoms with Crippen LogP contribution in [-0.2, 0) is 4.74 Å². The first-order chi connectivity index (χ1) is 6.58. The number of ether oxygens (including phenoxy) is 1. The minimum atomic E-state index is -0.127. The summed E-state index contributed by atoms with van der Waals surface area (Å²) in [6.07, 6.45) is 3.73. The van der Waals surface area contributed by atoms with Crippen LogP contribution in [0.25, 0.3) is 0 Å². The van der Waals surface area contributed by atoms with Crippen molar-refractivity contribution in [3.8, 4) is 0 Å². The van der Waals surface area contributed by atoms with E-state index in [-0.39, 0.29) is 11.6 Å². The van der Waals surface area contributed by atoms with Crippen molar-refractivity contribution < 1.29 is 9.84 Å². The Kier molecular flexibility index (Phi) is 4.35. The van der Waals surface area contributed by atoms with Gasteiger partial charge in [-0.3, -0.25) is 0 Å². The van der Waals surface area contributed by atoms with Gasteiger partial charge in [0.2, 0.25) is 0 Å². The molecule has 0 amide bonds. The number of aliphatic hydroxyl groups is 1. The zero-order valence-electron chi connectivity index (χ0n) is 9.55. The number of hydrogen-bond donors (Lipinski definition) is 2. The van der Waals surface area contributed by atoms with Gasteiger partial charge in [0.15, 0.2) is 0 Å². The molecule has 2 unspecified atom stereocenters. The molecule has 0 aromatic carbocycles. The van der Waals surface area contributed by atoms with Gasteiger partial charge in [0.1, 0.15) is 0 Å². The molecule has 0 bridgehead atoms. The smallest absolute Gasteiger partial charge is 0.0558 e. The molecule has 0 aromatic heterocycles. The summed E-state index contributed by atoms with van der Waals surface area (Å²) >= 11 is 0. The SMILES string of the molecule is COCCC1(NC(C)C)CCC(O)C1. The number of hydrogen-bond acceptors (Lipinski definition) is 3. The first-order valence-electron chi connectivity index (χ1n) is 5.53. The van der Waals surface area contributed by atoms with Gasteiger partial charge in [-0.1, -0.05) is 13.8 Å². The van der Waals surface area contributed by atoms with Crippen molar-refractivity contribution in [1.29, 1.82) is 0 Å². The molecule has 3 nitrogen and oxygen atoms in total. The Morgan fingerprint density at radius 1 is 1.57 bits per heavy atom. The summed E-state index contributed by atoms with van der Waals surface area (Å²) in [7, 11) is 1.73. The summed E-state index contributed by atoms with van der Waals surface area (Å²) in [5.74, 6) is 0. The van der Waals surface area contributed by atoms with Gasteiger partial charge < -0.3 is 15.2 Å². The summed E-state index contributed by atoms with van der Waals surface area (Å²) in [5, 5.41) is 13.2. The first-order valence-corrected chi connectivity index (χ1v) is 5.53. The Morgan fingerprint density at radius 2 is 2.29 bits per heavy atom. The van der Waals surface area contributed by atoms with Gasteiger partial charge in [-0.05, 0) is 25.7 Å². The molecule has 1 rings (SSSR count). The number of rotatable bonds is 5. The molecule has 1 aliphatic rings. The van der Waals surface area contributed by atoms with Crippen LogP contribution >= 0.6 is 0 Å². The molecule has 0 aliphatic heterocycles. The average Bonchev–Trinajstić information content (AvgIpc) is 2.43. The standard InChI is InChI=1S/C11H23NO2/c1-9(2)12-11(6-7-14-3)5-4-10(13)8-11/h9-10,12-13H,4-8H2,1-3H3. The molecule has 1 aliphatic carbocycles. The van der Waals surface area contributed by atoms with Gasteiger partial charge in [-0.25, -0.2) is 0 Å². The van der Waals surface area contributed by atoms with Crippen molar-refractivity contribution >= 4 is 0 Å². The molecule has 0 aromatic rings. The lowest BCUT2D eigenvalue weighted by Gasteiger charge is -2.32. The summed E-state index contributed by atoms with van der Waals surface area (Å²) in [6, 6.07) is 0.470.